The molecule has 3 amide bonds. The molecule has 0 aliphatic heterocycles. The number of aryl methyl sites for hydroxylation is 1. The maximum atomic E-state index is 14.2. The maximum Gasteiger partial charge on any atom is 0.316 e. The van der Waals surface area contributed by atoms with E-state index < -0.39 is 39.4 Å². The van der Waals surface area contributed by atoms with Gasteiger partial charge in [0.05, 0.1) is 17.1 Å². The van der Waals surface area contributed by atoms with Crippen molar-refractivity contribution in [1.82, 2.24) is 20.2 Å². The number of pyridine rings is 1. The molecular formula is C33H30N4O6S. The first-order valence-electron chi connectivity index (χ1n) is 14.0. The van der Waals surface area contributed by atoms with Crippen molar-refractivity contribution in [3.05, 3.63) is 132 Å². The Balaban J connectivity index is 1.45. The molecule has 2 heterocycles. The number of oxazole rings is 1. The highest BCUT2D eigenvalue weighted by Crippen LogP contribution is 2.18. The van der Waals surface area contributed by atoms with E-state index in [1.54, 1.807) is 60.7 Å². The third kappa shape index (κ3) is 7.81. The third-order valence-corrected chi connectivity index (χ3v) is 8.47. The number of rotatable bonds is 12. The molecule has 1 N–H and O–H groups in total. The van der Waals surface area contributed by atoms with E-state index in [2.05, 4.69) is 15.3 Å². The van der Waals surface area contributed by atoms with Crippen molar-refractivity contribution < 1.29 is 27.2 Å². The largest absolute Gasteiger partial charge is 0.432 e. The number of carbonyl (C=O) groups excluding carboxylic acids is 3. The van der Waals surface area contributed by atoms with E-state index in [1.807, 2.05) is 30.3 Å². The zero-order chi connectivity index (χ0) is 30.9. The molecular weight excluding hydrogens is 580 g/mol. The van der Waals surface area contributed by atoms with Gasteiger partial charge in [0.2, 0.25) is 0 Å². The molecule has 1 atom stereocenters. The molecule has 11 heteroatoms. The van der Waals surface area contributed by atoms with Gasteiger partial charge in [-0.1, -0.05) is 72.8 Å². The highest BCUT2D eigenvalue weighted by Gasteiger charge is 2.36. The maximum absolute atomic E-state index is 14.2. The molecule has 0 aliphatic rings. The van der Waals surface area contributed by atoms with E-state index >= 15 is 0 Å². The second-order valence-corrected chi connectivity index (χ2v) is 12.3. The van der Waals surface area contributed by atoms with Gasteiger partial charge in [0, 0.05) is 18.9 Å². The number of nitrogens with one attached hydrogen (secondary N) is 1. The number of hydrogen-bond acceptors (Lipinski definition) is 8. The first-order valence-corrected chi connectivity index (χ1v) is 15.8. The molecule has 10 nitrogen and oxygen atoms in total. The molecule has 0 spiro atoms. The second kappa shape index (κ2) is 13.9. The van der Waals surface area contributed by atoms with Crippen molar-refractivity contribution in [2.45, 2.75) is 24.6 Å². The molecule has 3 aromatic carbocycles. The predicted octanol–water partition coefficient (Wildman–Crippen LogP) is 4.24. The first-order chi connectivity index (χ1) is 21.3. The van der Waals surface area contributed by atoms with Crippen LogP contribution in [0.5, 0.6) is 0 Å². The van der Waals surface area contributed by atoms with Gasteiger partial charge in [0.1, 0.15) is 11.6 Å². The van der Waals surface area contributed by atoms with E-state index in [0.29, 0.717) is 29.5 Å². The van der Waals surface area contributed by atoms with Crippen LogP contribution in [0, 0.1) is 0 Å². The lowest BCUT2D eigenvalue weighted by atomic mass is 10.1. The number of nitrogens with zero attached hydrogens (tertiary/aromatic N) is 3. The van der Waals surface area contributed by atoms with Gasteiger partial charge in [-0.2, -0.15) is 0 Å². The van der Waals surface area contributed by atoms with Crippen LogP contribution in [0.4, 0.5) is 0 Å². The topological polar surface area (TPSA) is 140 Å². The van der Waals surface area contributed by atoms with Gasteiger partial charge in [-0.15, -0.1) is 0 Å². The molecule has 5 rings (SSSR count). The number of fused-ring (bicyclic) bond motifs is 1. The number of hydrogen-bond donors (Lipinski definition) is 1. The van der Waals surface area contributed by atoms with Crippen LogP contribution in [0.15, 0.2) is 114 Å². The zero-order valence-electron chi connectivity index (χ0n) is 23.7. The fourth-order valence-corrected chi connectivity index (χ4v) is 6.27. The van der Waals surface area contributed by atoms with Crippen LogP contribution in [-0.2, 0) is 26.8 Å². The summed E-state index contributed by atoms with van der Waals surface area (Å²) in [5.74, 6) is -3.83. The summed E-state index contributed by atoms with van der Waals surface area (Å²) in [6, 6.07) is 26.3. The van der Waals surface area contributed by atoms with Gasteiger partial charge in [-0.05, 0) is 48.2 Å². The van der Waals surface area contributed by atoms with Crippen LogP contribution in [0.3, 0.4) is 0 Å². The van der Waals surface area contributed by atoms with Gasteiger partial charge in [0.25, 0.3) is 17.7 Å². The Bertz CT molecular complexity index is 1810. The number of carbonyl (C=O) groups is 3. The quantitative estimate of drug-likeness (QED) is 0.221. The average Bonchev–Trinajstić information content (AvgIpc) is 3.48. The Morgan fingerprint density at radius 3 is 2.20 bits per heavy atom. The molecule has 0 aliphatic carbocycles. The minimum Gasteiger partial charge on any atom is -0.432 e. The third-order valence-electron chi connectivity index (χ3n) is 6.86. The minimum atomic E-state index is -3.94. The Morgan fingerprint density at radius 2 is 1.52 bits per heavy atom. The molecule has 0 saturated heterocycles. The fraction of sp³-hybridized carbons (Fsp3) is 0.182. The summed E-state index contributed by atoms with van der Waals surface area (Å²) < 4.78 is 32.4. The highest BCUT2D eigenvalue weighted by atomic mass is 32.2. The van der Waals surface area contributed by atoms with Gasteiger partial charge in [-0.3, -0.25) is 24.3 Å². The molecule has 2 aromatic heterocycles. The summed E-state index contributed by atoms with van der Waals surface area (Å²) >= 11 is 0. The number of benzene rings is 3. The van der Waals surface area contributed by atoms with Crippen molar-refractivity contribution >= 4 is 38.7 Å². The Kier molecular flexibility index (Phi) is 9.56. The molecule has 0 unspecified atom stereocenters. The number of sulfone groups is 1. The Morgan fingerprint density at radius 1 is 0.841 bits per heavy atom. The van der Waals surface area contributed by atoms with Crippen LogP contribution in [-0.4, -0.2) is 59.3 Å². The van der Waals surface area contributed by atoms with Crippen molar-refractivity contribution in [3.8, 4) is 0 Å². The first kappa shape index (κ1) is 30.3. The van der Waals surface area contributed by atoms with Crippen molar-refractivity contribution in [3.63, 3.8) is 0 Å². The predicted molar refractivity (Wildman–Crippen MR) is 164 cm³/mol. The number of amides is 3. The molecule has 0 radical (unpaired) electrons. The number of para-hydroxylation sites is 2. The molecule has 5 aromatic rings. The average molecular weight is 611 g/mol. The van der Waals surface area contributed by atoms with Crippen molar-refractivity contribution in [1.29, 1.82) is 0 Å². The van der Waals surface area contributed by atoms with E-state index in [-0.39, 0.29) is 23.8 Å². The summed E-state index contributed by atoms with van der Waals surface area (Å²) in [7, 11) is -3.94. The normalized spacial score (nSPS) is 12.0. The monoisotopic (exact) mass is 610 g/mol. The van der Waals surface area contributed by atoms with Gasteiger partial charge >= 0.3 is 5.91 Å². The van der Waals surface area contributed by atoms with Crippen LogP contribution in [0.25, 0.3) is 11.1 Å². The Labute approximate surface area is 254 Å². The summed E-state index contributed by atoms with van der Waals surface area (Å²) in [6.45, 7) is -0.0662. The summed E-state index contributed by atoms with van der Waals surface area (Å²) in [5.41, 5.74) is 2.45. The smallest absolute Gasteiger partial charge is 0.316 e. The fourth-order valence-electron chi connectivity index (χ4n) is 4.72. The molecule has 0 saturated carbocycles. The van der Waals surface area contributed by atoms with Gasteiger partial charge in [-0.25, -0.2) is 13.4 Å². The van der Waals surface area contributed by atoms with Crippen LogP contribution in [0.1, 0.15) is 38.6 Å². The summed E-state index contributed by atoms with van der Waals surface area (Å²) in [4.78, 5) is 50.2. The SMILES string of the molecule is O=C(N[C@@H](CS(=O)(=O)Cc1ccccc1)C(=O)N(CCCc1ccccc1)C(=O)c1nc2ccccc2o1)c1cccnc1. The minimum absolute atomic E-state index is 0.0662. The zero-order valence-corrected chi connectivity index (χ0v) is 24.5. The standard InChI is InChI=1S/C33H30N4O6S/c38-30(26-16-9-19-34-21-26)35-28(23-44(41,42)22-25-13-5-2-6-14-25)32(39)37(20-10-15-24-11-3-1-4-12-24)33(40)31-36-27-17-7-8-18-29(27)43-31/h1-9,11-14,16-19,21,28H,10,15,20,22-23H2,(H,35,38)/t28-/m0/s1. The number of aromatic nitrogens is 2. The highest BCUT2D eigenvalue weighted by molar-refractivity contribution is 7.90. The van der Waals surface area contributed by atoms with Crippen LogP contribution in [0.2, 0.25) is 0 Å². The van der Waals surface area contributed by atoms with Crippen LogP contribution < -0.4 is 5.32 Å². The van der Waals surface area contributed by atoms with Crippen molar-refractivity contribution in [2.24, 2.45) is 0 Å². The van der Waals surface area contributed by atoms with E-state index in [4.69, 9.17) is 4.42 Å². The van der Waals surface area contributed by atoms with E-state index in [1.165, 1.54) is 18.5 Å². The molecule has 224 valence electrons. The van der Waals surface area contributed by atoms with E-state index in [0.717, 1.165) is 10.5 Å². The lowest BCUT2D eigenvalue weighted by Crippen LogP contribution is -2.53. The molecule has 44 heavy (non-hydrogen) atoms. The summed E-state index contributed by atoms with van der Waals surface area (Å²) in [5, 5.41) is 2.54. The second-order valence-electron chi connectivity index (χ2n) is 10.2. The molecule has 0 fully saturated rings. The van der Waals surface area contributed by atoms with Crippen LogP contribution >= 0.6 is 0 Å². The van der Waals surface area contributed by atoms with E-state index in [9.17, 15) is 22.8 Å². The summed E-state index contributed by atoms with van der Waals surface area (Å²) in [6.07, 6.45) is 3.71. The van der Waals surface area contributed by atoms with Gasteiger partial charge < -0.3 is 9.73 Å². The number of imide groups is 1. The van der Waals surface area contributed by atoms with Crippen molar-refractivity contribution in [2.75, 3.05) is 12.3 Å². The van der Waals surface area contributed by atoms with Gasteiger partial charge in [0.15, 0.2) is 15.4 Å². The Hall–Kier alpha value is -5.16. The lowest BCUT2D eigenvalue weighted by molar-refractivity contribution is -0.130. The molecule has 0 bridgehead atoms. The lowest BCUT2D eigenvalue weighted by Gasteiger charge is -2.26.